The minimum absolute atomic E-state index is 0.0237. The minimum atomic E-state index is -0.756. The number of amides is 1. The Balaban J connectivity index is 2.38. The third-order valence-electron chi connectivity index (χ3n) is 2.66. The number of hydrogen-bond acceptors (Lipinski definition) is 4. The molecule has 0 fully saturated rings. The van der Waals surface area contributed by atoms with Crippen molar-refractivity contribution in [2.75, 3.05) is 5.32 Å². The van der Waals surface area contributed by atoms with Crippen molar-refractivity contribution in [2.45, 2.75) is 0 Å². The van der Waals surface area contributed by atoms with Crippen molar-refractivity contribution in [1.29, 1.82) is 0 Å². The summed E-state index contributed by atoms with van der Waals surface area (Å²) in [5.74, 6) is -1.86. The number of H-pyrrole nitrogens is 1. The zero-order valence-corrected chi connectivity index (χ0v) is 10.6. The molecular formula is C13H11FN4O3. The Morgan fingerprint density at radius 3 is 2.81 bits per heavy atom. The van der Waals surface area contributed by atoms with Gasteiger partial charge in [-0.15, -0.1) is 0 Å². The molecule has 0 bridgehead atoms. The van der Waals surface area contributed by atoms with E-state index in [1.54, 1.807) is 0 Å². The number of pyridine rings is 1. The summed E-state index contributed by atoms with van der Waals surface area (Å²) in [7, 11) is 0. The van der Waals surface area contributed by atoms with Crippen LogP contribution in [-0.4, -0.2) is 21.9 Å². The molecule has 1 amide bonds. The van der Waals surface area contributed by atoms with Crippen LogP contribution in [0.1, 0.15) is 15.9 Å². The molecule has 1 aromatic heterocycles. The lowest BCUT2D eigenvalue weighted by molar-refractivity contribution is 0.102. The second-order valence-corrected chi connectivity index (χ2v) is 4.04. The maximum Gasteiger partial charge on any atom is 0.255 e. The second-order valence-electron chi connectivity index (χ2n) is 4.04. The molecule has 0 saturated carbocycles. The Morgan fingerprint density at radius 1 is 1.38 bits per heavy atom. The van der Waals surface area contributed by atoms with E-state index in [4.69, 9.17) is 10.9 Å². The normalized spacial score (nSPS) is 11.2. The highest BCUT2D eigenvalue weighted by Gasteiger charge is 2.15. The molecule has 0 spiro atoms. The van der Waals surface area contributed by atoms with Crippen LogP contribution < -0.4 is 16.6 Å². The number of nitrogens with zero attached hydrogens (tertiary/aromatic N) is 1. The summed E-state index contributed by atoms with van der Waals surface area (Å²) in [5.41, 5.74) is 4.82. The molecule has 0 aliphatic rings. The Bertz CT molecular complexity index is 770. The highest BCUT2D eigenvalue weighted by molar-refractivity contribution is 6.09. The van der Waals surface area contributed by atoms with Gasteiger partial charge in [-0.05, 0) is 18.2 Å². The molecule has 1 aromatic carbocycles. The first-order valence-electron chi connectivity index (χ1n) is 5.79. The predicted molar refractivity (Wildman–Crippen MR) is 73.9 cm³/mol. The topological polar surface area (TPSA) is 121 Å². The van der Waals surface area contributed by atoms with Crippen LogP contribution in [0.4, 0.5) is 10.1 Å². The number of hydrogen-bond donors (Lipinski definition) is 4. The van der Waals surface area contributed by atoms with E-state index in [1.807, 2.05) is 0 Å². The second kappa shape index (κ2) is 5.87. The number of carbonyl (C=O) groups is 1. The van der Waals surface area contributed by atoms with Gasteiger partial charge in [-0.2, -0.15) is 0 Å². The fourth-order valence-electron chi connectivity index (χ4n) is 1.72. The number of nitrogens with one attached hydrogen (secondary N) is 2. The van der Waals surface area contributed by atoms with Crippen molar-refractivity contribution in [2.24, 2.45) is 10.9 Å². The fourth-order valence-corrected chi connectivity index (χ4v) is 1.72. The molecule has 0 radical (unpaired) electrons. The average molecular weight is 290 g/mol. The largest absolute Gasteiger partial charge is 0.409 e. The smallest absolute Gasteiger partial charge is 0.255 e. The van der Waals surface area contributed by atoms with Crippen molar-refractivity contribution >= 4 is 17.4 Å². The summed E-state index contributed by atoms with van der Waals surface area (Å²) in [6.07, 6.45) is 1.31. The lowest BCUT2D eigenvalue weighted by Gasteiger charge is -2.10. The fraction of sp³-hybridized carbons (Fsp3) is 0. The van der Waals surface area contributed by atoms with E-state index in [1.165, 1.54) is 24.4 Å². The first-order chi connectivity index (χ1) is 10.0. The van der Waals surface area contributed by atoms with Crippen molar-refractivity contribution in [3.63, 3.8) is 0 Å². The summed E-state index contributed by atoms with van der Waals surface area (Å²) in [6, 6.07) is 6.34. The third kappa shape index (κ3) is 3.06. The molecular weight excluding hydrogens is 279 g/mol. The maximum atomic E-state index is 13.7. The van der Waals surface area contributed by atoms with Crippen LogP contribution in [0.2, 0.25) is 0 Å². The number of nitrogens with two attached hydrogens (primary N) is 1. The Labute approximate surface area is 117 Å². The van der Waals surface area contributed by atoms with Gasteiger partial charge in [0.1, 0.15) is 5.82 Å². The Hall–Kier alpha value is -3.16. The van der Waals surface area contributed by atoms with E-state index in [0.29, 0.717) is 0 Å². The molecule has 7 nitrogen and oxygen atoms in total. The van der Waals surface area contributed by atoms with Gasteiger partial charge in [-0.3, -0.25) is 9.59 Å². The average Bonchev–Trinajstić information content (AvgIpc) is 2.46. The van der Waals surface area contributed by atoms with Crippen LogP contribution in [0.15, 0.2) is 46.5 Å². The van der Waals surface area contributed by atoms with Gasteiger partial charge in [-0.1, -0.05) is 11.2 Å². The van der Waals surface area contributed by atoms with Crippen LogP contribution in [0, 0.1) is 5.82 Å². The molecule has 0 unspecified atom stereocenters. The van der Waals surface area contributed by atoms with E-state index in [2.05, 4.69) is 15.5 Å². The van der Waals surface area contributed by atoms with E-state index in [-0.39, 0.29) is 16.8 Å². The number of aromatic nitrogens is 1. The van der Waals surface area contributed by atoms with Crippen LogP contribution in [0.5, 0.6) is 0 Å². The molecule has 0 aliphatic heterocycles. The molecule has 8 heteroatoms. The molecule has 2 rings (SSSR count). The highest BCUT2D eigenvalue weighted by Crippen LogP contribution is 2.19. The minimum Gasteiger partial charge on any atom is -0.409 e. The first kappa shape index (κ1) is 14.3. The number of oxime groups is 1. The van der Waals surface area contributed by atoms with E-state index >= 15 is 0 Å². The Morgan fingerprint density at radius 2 is 2.14 bits per heavy atom. The highest BCUT2D eigenvalue weighted by atomic mass is 19.1. The molecule has 0 atom stereocenters. The van der Waals surface area contributed by atoms with Crippen molar-refractivity contribution in [3.05, 3.63) is 63.8 Å². The van der Waals surface area contributed by atoms with Crippen LogP contribution >= 0.6 is 0 Å². The molecule has 0 saturated heterocycles. The SMILES string of the molecule is N/C(=N/O)c1c(F)cccc1NC(=O)c1cc[nH]c(=O)c1. The molecule has 21 heavy (non-hydrogen) atoms. The maximum absolute atomic E-state index is 13.7. The lowest BCUT2D eigenvalue weighted by Crippen LogP contribution is -2.21. The van der Waals surface area contributed by atoms with E-state index in [9.17, 15) is 14.0 Å². The van der Waals surface area contributed by atoms with Gasteiger partial charge < -0.3 is 21.2 Å². The van der Waals surface area contributed by atoms with Crippen molar-refractivity contribution in [1.82, 2.24) is 4.98 Å². The predicted octanol–water partition coefficient (Wildman–Crippen LogP) is 0.861. The molecule has 108 valence electrons. The standard InChI is InChI=1S/C13H11FN4O3/c14-8-2-1-3-9(11(8)12(15)18-21)17-13(20)7-4-5-16-10(19)6-7/h1-6,21H,(H2,15,18)(H,16,19)(H,17,20). The first-order valence-corrected chi connectivity index (χ1v) is 5.79. The molecule has 2 aromatic rings. The lowest BCUT2D eigenvalue weighted by atomic mass is 10.1. The number of amidine groups is 1. The summed E-state index contributed by atoms with van der Waals surface area (Å²) >= 11 is 0. The van der Waals surface area contributed by atoms with Crippen LogP contribution in [0.3, 0.4) is 0 Å². The zero-order chi connectivity index (χ0) is 15.4. The molecule has 1 heterocycles. The van der Waals surface area contributed by atoms with Gasteiger partial charge in [0.25, 0.3) is 5.91 Å². The van der Waals surface area contributed by atoms with Crippen molar-refractivity contribution < 1.29 is 14.4 Å². The van der Waals surface area contributed by atoms with Gasteiger partial charge in [0.2, 0.25) is 5.56 Å². The van der Waals surface area contributed by atoms with Crippen LogP contribution in [0.25, 0.3) is 0 Å². The van der Waals surface area contributed by atoms with E-state index < -0.39 is 23.1 Å². The summed E-state index contributed by atoms with van der Waals surface area (Å²) in [5, 5.41) is 13.8. The number of rotatable bonds is 3. The number of carbonyl (C=O) groups excluding carboxylic acids is 1. The molecule has 0 aliphatic carbocycles. The number of anilines is 1. The van der Waals surface area contributed by atoms with Gasteiger partial charge in [-0.25, -0.2) is 4.39 Å². The molecule has 5 N–H and O–H groups in total. The summed E-state index contributed by atoms with van der Waals surface area (Å²) < 4.78 is 13.7. The Kier molecular flexibility index (Phi) is 3.98. The van der Waals surface area contributed by atoms with Gasteiger partial charge >= 0.3 is 0 Å². The number of benzene rings is 1. The number of halogens is 1. The number of aromatic amines is 1. The summed E-state index contributed by atoms with van der Waals surface area (Å²) in [4.78, 5) is 25.5. The van der Waals surface area contributed by atoms with Gasteiger partial charge in [0.15, 0.2) is 5.84 Å². The van der Waals surface area contributed by atoms with Crippen molar-refractivity contribution in [3.8, 4) is 0 Å². The van der Waals surface area contributed by atoms with Crippen LogP contribution in [-0.2, 0) is 0 Å². The quantitative estimate of drug-likeness (QED) is 0.290. The van der Waals surface area contributed by atoms with Gasteiger partial charge in [0, 0.05) is 17.8 Å². The monoisotopic (exact) mass is 290 g/mol. The third-order valence-corrected chi connectivity index (χ3v) is 2.66. The van der Waals surface area contributed by atoms with Gasteiger partial charge in [0.05, 0.1) is 11.3 Å². The zero-order valence-electron chi connectivity index (χ0n) is 10.6. The van der Waals surface area contributed by atoms with E-state index in [0.717, 1.165) is 12.1 Å². The summed E-state index contributed by atoms with van der Waals surface area (Å²) in [6.45, 7) is 0.